The smallest absolute Gasteiger partial charge is 0.407 e. The van der Waals surface area contributed by atoms with Gasteiger partial charge in [0.2, 0.25) is 0 Å². The molecule has 0 aliphatic carbocycles. The molecule has 0 aliphatic heterocycles. The molecule has 0 heterocycles. The summed E-state index contributed by atoms with van der Waals surface area (Å²) >= 11 is 0. The first kappa shape index (κ1) is 20.2. The SMILES string of the molecule is CCC(=O)OCCCOC(=O)NCC(CC(=O)O)CC(C)C. The van der Waals surface area contributed by atoms with Crippen molar-refractivity contribution in [2.24, 2.45) is 11.8 Å². The lowest BCUT2D eigenvalue weighted by atomic mass is 9.94. The van der Waals surface area contributed by atoms with Crippen molar-refractivity contribution in [1.29, 1.82) is 0 Å². The van der Waals surface area contributed by atoms with Crippen LogP contribution in [0.3, 0.4) is 0 Å². The van der Waals surface area contributed by atoms with E-state index in [4.69, 9.17) is 14.6 Å². The van der Waals surface area contributed by atoms with Crippen molar-refractivity contribution < 1.29 is 29.0 Å². The van der Waals surface area contributed by atoms with E-state index in [0.717, 1.165) is 6.42 Å². The molecule has 1 unspecified atom stereocenters. The molecule has 7 heteroatoms. The number of rotatable bonds is 11. The Bertz CT molecular complexity index is 356. The van der Waals surface area contributed by atoms with Gasteiger partial charge in [0.25, 0.3) is 0 Å². The van der Waals surface area contributed by atoms with Gasteiger partial charge in [-0.05, 0) is 18.3 Å². The van der Waals surface area contributed by atoms with Crippen LogP contribution in [0.4, 0.5) is 4.79 Å². The molecular formula is C15H27NO6. The van der Waals surface area contributed by atoms with E-state index in [0.29, 0.717) is 18.8 Å². The molecule has 0 saturated heterocycles. The molecule has 0 aromatic carbocycles. The summed E-state index contributed by atoms with van der Waals surface area (Å²) in [5.74, 6) is -0.917. The summed E-state index contributed by atoms with van der Waals surface area (Å²) in [5, 5.41) is 11.4. The van der Waals surface area contributed by atoms with Crippen molar-refractivity contribution in [3.05, 3.63) is 0 Å². The van der Waals surface area contributed by atoms with Crippen LogP contribution in [0.2, 0.25) is 0 Å². The summed E-state index contributed by atoms with van der Waals surface area (Å²) in [6, 6.07) is 0. The van der Waals surface area contributed by atoms with Gasteiger partial charge in [-0.3, -0.25) is 9.59 Å². The van der Waals surface area contributed by atoms with Crippen molar-refractivity contribution in [1.82, 2.24) is 5.32 Å². The van der Waals surface area contributed by atoms with E-state index in [9.17, 15) is 14.4 Å². The second-order valence-electron chi connectivity index (χ2n) is 5.54. The quantitative estimate of drug-likeness (QED) is 0.447. The molecule has 0 rings (SSSR count). The molecule has 2 N–H and O–H groups in total. The third-order valence-corrected chi connectivity index (χ3v) is 2.88. The Morgan fingerprint density at radius 1 is 1.14 bits per heavy atom. The molecule has 0 spiro atoms. The van der Waals surface area contributed by atoms with Gasteiger partial charge in [0.05, 0.1) is 13.2 Å². The minimum Gasteiger partial charge on any atom is -0.481 e. The van der Waals surface area contributed by atoms with Crippen molar-refractivity contribution in [2.45, 2.75) is 46.5 Å². The van der Waals surface area contributed by atoms with E-state index in [1.54, 1.807) is 6.92 Å². The lowest BCUT2D eigenvalue weighted by Crippen LogP contribution is -2.31. The summed E-state index contributed by atoms with van der Waals surface area (Å²) in [7, 11) is 0. The standard InChI is InChI=1S/C15H27NO6/c1-4-14(19)21-6-5-7-22-15(20)16-10-12(8-11(2)3)9-13(17)18/h11-12H,4-10H2,1-3H3,(H,16,20)(H,17,18). The zero-order valence-electron chi connectivity index (χ0n) is 13.6. The summed E-state index contributed by atoms with van der Waals surface area (Å²) in [6.07, 6.45) is 0.914. The Kier molecular flexibility index (Phi) is 10.9. The largest absolute Gasteiger partial charge is 0.481 e. The van der Waals surface area contributed by atoms with Gasteiger partial charge in [0.15, 0.2) is 0 Å². The number of carbonyl (C=O) groups excluding carboxylic acids is 2. The van der Waals surface area contributed by atoms with Crippen molar-refractivity contribution >= 4 is 18.0 Å². The van der Waals surface area contributed by atoms with Gasteiger partial charge in [-0.25, -0.2) is 4.79 Å². The lowest BCUT2D eigenvalue weighted by Gasteiger charge is -2.17. The second-order valence-corrected chi connectivity index (χ2v) is 5.54. The highest BCUT2D eigenvalue weighted by molar-refractivity contribution is 5.69. The van der Waals surface area contributed by atoms with Gasteiger partial charge in [0.1, 0.15) is 0 Å². The monoisotopic (exact) mass is 317 g/mol. The van der Waals surface area contributed by atoms with E-state index < -0.39 is 12.1 Å². The highest BCUT2D eigenvalue weighted by Crippen LogP contribution is 2.14. The van der Waals surface area contributed by atoms with Crippen molar-refractivity contribution in [2.75, 3.05) is 19.8 Å². The predicted octanol–water partition coefficient (Wildman–Crippen LogP) is 2.19. The number of hydrogen-bond donors (Lipinski definition) is 2. The molecule has 1 amide bonds. The summed E-state index contributed by atoms with van der Waals surface area (Å²) in [5.41, 5.74) is 0. The molecule has 0 radical (unpaired) electrons. The highest BCUT2D eigenvalue weighted by atomic mass is 16.6. The highest BCUT2D eigenvalue weighted by Gasteiger charge is 2.16. The maximum Gasteiger partial charge on any atom is 0.407 e. The number of ether oxygens (including phenoxy) is 2. The van der Waals surface area contributed by atoms with Crippen molar-refractivity contribution in [3.8, 4) is 0 Å². The van der Waals surface area contributed by atoms with Crippen LogP contribution in [-0.2, 0) is 19.1 Å². The molecular weight excluding hydrogens is 290 g/mol. The van der Waals surface area contributed by atoms with E-state index in [2.05, 4.69) is 5.32 Å². The summed E-state index contributed by atoms with van der Waals surface area (Å²) in [4.78, 5) is 33.1. The summed E-state index contributed by atoms with van der Waals surface area (Å²) < 4.78 is 9.77. The van der Waals surface area contributed by atoms with Gasteiger partial charge in [0, 0.05) is 25.8 Å². The average Bonchev–Trinajstić information content (AvgIpc) is 2.42. The summed E-state index contributed by atoms with van der Waals surface area (Å²) in [6.45, 7) is 6.35. The number of nitrogens with one attached hydrogen (secondary N) is 1. The van der Waals surface area contributed by atoms with Crippen LogP contribution in [0.5, 0.6) is 0 Å². The third-order valence-electron chi connectivity index (χ3n) is 2.88. The molecule has 128 valence electrons. The molecule has 0 bridgehead atoms. The maximum absolute atomic E-state index is 11.5. The fraction of sp³-hybridized carbons (Fsp3) is 0.800. The van der Waals surface area contributed by atoms with Crippen LogP contribution in [0.1, 0.15) is 46.5 Å². The molecule has 0 saturated carbocycles. The van der Waals surface area contributed by atoms with E-state index in [-0.39, 0.29) is 38.1 Å². The zero-order valence-corrected chi connectivity index (χ0v) is 13.6. The third kappa shape index (κ3) is 12.0. The van der Waals surface area contributed by atoms with Crippen LogP contribution in [0, 0.1) is 11.8 Å². The number of carboxylic acids is 1. The fourth-order valence-corrected chi connectivity index (χ4v) is 1.94. The lowest BCUT2D eigenvalue weighted by molar-refractivity contribution is -0.143. The second kappa shape index (κ2) is 11.8. The van der Waals surface area contributed by atoms with Crippen LogP contribution in [-0.4, -0.2) is 42.9 Å². The van der Waals surface area contributed by atoms with E-state index in [1.165, 1.54) is 0 Å². The maximum atomic E-state index is 11.5. The minimum atomic E-state index is -0.876. The number of alkyl carbamates (subject to hydrolysis) is 1. The van der Waals surface area contributed by atoms with Crippen LogP contribution >= 0.6 is 0 Å². The average molecular weight is 317 g/mol. The topological polar surface area (TPSA) is 102 Å². The Morgan fingerprint density at radius 2 is 1.77 bits per heavy atom. The number of carboxylic acid groups (broad SMARTS) is 1. The molecule has 0 aromatic heterocycles. The fourth-order valence-electron chi connectivity index (χ4n) is 1.94. The Labute approximate surface area is 131 Å². The first-order valence-corrected chi connectivity index (χ1v) is 7.63. The first-order chi connectivity index (χ1) is 10.3. The number of aliphatic carboxylic acids is 1. The zero-order chi connectivity index (χ0) is 17.0. The Hall–Kier alpha value is -1.79. The van der Waals surface area contributed by atoms with Gasteiger partial charge in [-0.2, -0.15) is 0 Å². The van der Waals surface area contributed by atoms with Crippen LogP contribution < -0.4 is 5.32 Å². The van der Waals surface area contributed by atoms with Gasteiger partial charge in [-0.15, -0.1) is 0 Å². The van der Waals surface area contributed by atoms with Crippen molar-refractivity contribution in [3.63, 3.8) is 0 Å². The van der Waals surface area contributed by atoms with Gasteiger partial charge in [-0.1, -0.05) is 20.8 Å². The Balaban J connectivity index is 3.84. The number of hydrogen-bond acceptors (Lipinski definition) is 5. The number of esters is 1. The number of carbonyl (C=O) groups is 3. The molecule has 0 aliphatic rings. The molecule has 1 atom stereocenters. The van der Waals surface area contributed by atoms with Crippen LogP contribution in [0.25, 0.3) is 0 Å². The normalized spacial score (nSPS) is 11.8. The minimum absolute atomic E-state index is 0.0193. The molecule has 7 nitrogen and oxygen atoms in total. The van der Waals surface area contributed by atoms with E-state index in [1.807, 2.05) is 13.8 Å². The molecule has 0 aromatic rings. The van der Waals surface area contributed by atoms with E-state index >= 15 is 0 Å². The molecule has 22 heavy (non-hydrogen) atoms. The predicted molar refractivity (Wildman–Crippen MR) is 80.4 cm³/mol. The molecule has 0 fully saturated rings. The van der Waals surface area contributed by atoms with Gasteiger partial charge >= 0.3 is 18.0 Å². The van der Waals surface area contributed by atoms with Crippen LogP contribution in [0.15, 0.2) is 0 Å². The Morgan fingerprint density at radius 3 is 2.32 bits per heavy atom. The number of amides is 1. The first-order valence-electron chi connectivity index (χ1n) is 7.63. The van der Waals surface area contributed by atoms with Gasteiger partial charge < -0.3 is 19.9 Å².